The van der Waals surface area contributed by atoms with Crippen LogP contribution in [0.4, 0.5) is 5.69 Å². The Kier molecular flexibility index (Phi) is 3.54. The van der Waals surface area contributed by atoms with Crippen LogP contribution in [-0.2, 0) is 9.53 Å². The predicted octanol–water partition coefficient (Wildman–Crippen LogP) is 2.62. The zero-order valence-electron chi connectivity index (χ0n) is 11.6. The Morgan fingerprint density at radius 1 is 1.40 bits per heavy atom. The number of anilines is 1. The van der Waals surface area contributed by atoms with Gasteiger partial charge < -0.3 is 9.64 Å². The summed E-state index contributed by atoms with van der Waals surface area (Å²) in [6, 6.07) is 8.26. The highest BCUT2D eigenvalue weighted by molar-refractivity contribution is 5.93. The van der Waals surface area contributed by atoms with Crippen LogP contribution in [0.15, 0.2) is 36.7 Å². The van der Waals surface area contributed by atoms with Crippen LogP contribution in [0, 0.1) is 5.92 Å². The number of ether oxygens (including phenoxy) is 1. The van der Waals surface area contributed by atoms with Crippen LogP contribution in [-0.4, -0.2) is 31.2 Å². The van der Waals surface area contributed by atoms with Crippen LogP contribution in [0.1, 0.15) is 12.8 Å². The van der Waals surface area contributed by atoms with Crippen LogP contribution in [0.3, 0.4) is 0 Å². The molecular weight excluding hydrogens is 252 g/mol. The van der Waals surface area contributed by atoms with Gasteiger partial charge in [0.25, 0.3) is 0 Å². The van der Waals surface area contributed by atoms with Gasteiger partial charge in [0, 0.05) is 36.6 Å². The van der Waals surface area contributed by atoms with Gasteiger partial charge in [0.2, 0.25) is 0 Å². The minimum atomic E-state index is -0.104. The van der Waals surface area contributed by atoms with E-state index in [1.165, 1.54) is 12.5 Å². The molecule has 20 heavy (non-hydrogen) atoms. The average molecular weight is 270 g/mol. The van der Waals surface area contributed by atoms with Gasteiger partial charge in [0.05, 0.1) is 13.0 Å². The number of fused-ring (bicyclic) bond motifs is 1. The smallest absolute Gasteiger partial charge is 0.310 e. The van der Waals surface area contributed by atoms with Crippen molar-refractivity contribution in [3.63, 3.8) is 0 Å². The van der Waals surface area contributed by atoms with Gasteiger partial charge in [-0.3, -0.25) is 9.78 Å². The fourth-order valence-electron chi connectivity index (χ4n) is 2.93. The number of pyridine rings is 1. The van der Waals surface area contributed by atoms with Crippen molar-refractivity contribution >= 4 is 22.4 Å². The zero-order chi connectivity index (χ0) is 13.9. The van der Waals surface area contributed by atoms with E-state index in [0.717, 1.165) is 37.0 Å². The quantitative estimate of drug-likeness (QED) is 0.787. The molecule has 0 amide bonds. The van der Waals surface area contributed by atoms with E-state index in [1.54, 1.807) is 6.20 Å². The Morgan fingerprint density at radius 2 is 2.30 bits per heavy atom. The maximum Gasteiger partial charge on any atom is 0.310 e. The fraction of sp³-hybridized carbons (Fsp3) is 0.375. The number of benzene rings is 1. The molecule has 0 radical (unpaired) electrons. The summed E-state index contributed by atoms with van der Waals surface area (Å²) in [5.41, 5.74) is 1.16. The van der Waals surface area contributed by atoms with Crippen LogP contribution >= 0.6 is 0 Å². The fourth-order valence-corrected chi connectivity index (χ4v) is 2.93. The molecule has 1 aliphatic rings. The number of hydrogen-bond acceptors (Lipinski definition) is 4. The van der Waals surface area contributed by atoms with Gasteiger partial charge in [-0.15, -0.1) is 0 Å². The second kappa shape index (κ2) is 5.49. The molecule has 3 rings (SSSR count). The summed E-state index contributed by atoms with van der Waals surface area (Å²) in [5.74, 6) is -0.131. The predicted molar refractivity (Wildman–Crippen MR) is 78.7 cm³/mol. The third-order valence-corrected chi connectivity index (χ3v) is 3.96. The van der Waals surface area contributed by atoms with Gasteiger partial charge in [0.1, 0.15) is 0 Å². The summed E-state index contributed by atoms with van der Waals surface area (Å²) in [5, 5.41) is 2.32. The van der Waals surface area contributed by atoms with E-state index in [2.05, 4.69) is 28.1 Å². The largest absolute Gasteiger partial charge is 0.469 e. The van der Waals surface area contributed by atoms with Gasteiger partial charge in [-0.05, 0) is 30.4 Å². The molecule has 0 saturated carbocycles. The van der Waals surface area contributed by atoms with Crippen LogP contribution < -0.4 is 4.90 Å². The molecule has 4 heteroatoms. The molecule has 2 aromatic rings. The van der Waals surface area contributed by atoms with Crippen molar-refractivity contribution in [1.29, 1.82) is 0 Å². The summed E-state index contributed by atoms with van der Waals surface area (Å²) < 4.78 is 4.88. The number of rotatable bonds is 2. The Labute approximate surface area is 118 Å². The number of piperidine rings is 1. The Balaban J connectivity index is 1.92. The topological polar surface area (TPSA) is 42.4 Å². The third kappa shape index (κ3) is 2.33. The van der Waals surface area contributed by atoms with E-state index in [-0.39, 0.29) is 11.9 Å². The SMILES string of the molecule is COC(=O)C1CCCN(c2cccc3ccncc23)C1. The first-order valence-electron chi connectivity index (χ1n) is 6.95. The second-order valence-corrected chi connectivity index (χ2v) is 5.18. The maximum absolute atomic E-state index is 11.7. The maximum atomic E-state index is 11.7. The highest BCUT2D eigenvalue weighted by atomic mass is 16.5. The monoisotopic (exact) mass is 270 g/mol. The van der Waals surface area contributed by atoms with Crippen molar-refractivity contribution in [3.8, 4) is 0 Å². The molecule has 1 fully saturated rings. The number of nitrogens with zero attached hydrogens (tertiary/aromatic N) is 2. The molecule has 1 saturated heterocycles. The molecule has 1 atom stereocenters. The molecule has 0 spiro atoms. The number of hydrogen-bond donors (Lipinski definition) is 0. The summed E-state index contributed by atoms with van der Waals surface area (Å²) in [6.45, 7) is 1.70. The lowest BCUT2D eigenvalue weighted by atomic mass is 9.97. The van der Waals surface area contributed by atoms with Gasteiger partial charge in [-0.1, -0.05) is 12.1 Å². The van der Waals surface area contributed by atoms with E-state index in [4.69, 9.17) is 4.74 Å². The average Bonchev–Trinajstić information content (AvgIpc) is 2.53. The summed E-state index contributed by atoms with van der Waals surface area (Å²) in [6.07, 6.45) is 5.62. The van der Waals surface area contributed by atoms with E-state index < -0.39 is 0 Å². The van der Waals surface area contributed by atoms with Gasteiger partial charge in [0.15, 0.2) is 0 Å². The molecule has 2 heterocycles. The standard InChI is InChI=1S/C16H18N2O2/c1-20-16(19)13-5-3-9-18(11-13)15-6-2-4-12-7-8-17-10-14(12)15/h2,4,6-8,10,13H,3,5,9,11H2,1H3. The minimum Gasteiger partial charge on any atom is -0.469 e. The highest BCUT2D eigenvalue weighted by Gasteiger charge is 2.27. The summed E-state index contributed by atoms with van der Waals surface area (Å²) in [4.78, 5) is 18.2. The van der Waals surface area contributed by atoms with Crippen molar-refractivity contribution < 1.29 is 9.53 Å². The van der Waals surface area contributed by atoms with Crippen molar-refractivity contribution in [3.05, 3.63) is 36.7 Å². The molecule has 1 aliphatic heterocycles. The lowest BCUT2D eigenvalue weighted by Gasteiger charge is -2.33. The molecule has 1 aromatic heterocycles. The van der Waals surface area contributed by atoms with E-state index >= 15 is 0 Å². The van der Waals surface area contributed by atoms with Crippen molar-refractivity contribution in [2.24, 2.45) is 5.92 Å². The van der Waals surface area contributed by atoms with Crippen LogP contribution in [0.5, 0.6) is 0 Å². The molecule has 0 N–H and O–H groups in total. The molecule has 1 unspecified atom stereocenters. The molecule has 0 bridgehead atoms. The zero-order valence-corrected chi connectivity index (χ0v) is 11.6. The van der Waals surface area contributed by atoms with Gasteiger partial charge in [-0.2, -0.15) is 0 Å². The normalized spacial score (nSPS) is 19.1. The van der Waals surface area contributed by atoms with Crippen LogP contribution in [0.25, 0.3) is 10.8 Å². The number of carbonyl (C=O) groups excluding carboxylic acids is 1. The molecular formula is C16H18N2O2. The number of carbonyl (C=O) groups is 1. The molecule has 1 aromatic carbocycles. The first-order chi connectivity index (χ1) is 9.79. The molecule has 4 nitrogen and oxygen atoms in total. The third-order valence-electron chi connectivity index (χ3n) is 3.96. The number of esters is 1. The molecule has 104 valence electrons. The highest BCUT2D eigenvalue weighted by Crippen LogP contribution is 2.30. The van der Waals surface area contributed by atoms with Crippen molar-refractivity contribution in [2.75, 3.05) is 25.1 Å². The summed E-state index contributed by atoms with van der Waals surface area (Å²) >= 11 is 0. The minimum absolute atomic E-state index is 0.0272. The Hall–Kier alpha value is -2.10. The summed E-state index contributed by atoms with van der Waals surface area (Å²) in [7, 11) is 1.46. The number of methoxy groups -OCH3 is 1. The van der Waals surface area contributed by atoms with E-state index in [0.29, 0.717) is 0 Å². The van der Waals surface area contributed by atoms with E-state index in [1.807, 2.05) is 12.3 Å². The molecule has 0 aliphatic carbocycles. The van der Waals surface area contributed by atoms with Gasteiger partial charge in [-0.25, -0.2) is 0 Å². The lowest BCUT2D eigenvalue weighted by Crippen LogP contribution is -2.39. The van der Waals surface area contributed by atoms with E-state index in [9.17, 15) is 4.79 Å². The van der Waals surface area contributed by atoms with Crippen molar-refractivity contribution in [2.45, 2.75) is 12.8 Å². The Morgan fingerprint density at radius 3 is 3.15 bits per heavy atom. The number of aromatic nitrogens is 1. The second-order valence-electron chi connectivity index (χ2n) is 5.18. The first kappa shape index (κ1) is 12.9. The lowest BCUT2D eigenvalue weighted by molar-refractivity contribution is -0.145. The Bertz CT molecular complexity index is 621. The van der Waals surface area contributed by atoms with Crippen molar-refractivity contribution in [1.82, 2.24) is 4.98 Å². The van der Waals surface area contributed by atoms with Crippen LogP contribution in [0.2, 0.25) is 0 Å². The first-order valence-corrected chi connectivity index (χ1v) is 6.95. The van der Waals surface area contributed by atoms with Gasteiger partial charge >= 0.3 is 5.97 Å².